The van der Waals surface area contributed by atoms with E-state index in [9.17, 15) is 18.0 Å². The molecule has 228 valence electrons. The third-order valence-corrected chi connectivity index (χ3v) is 9.89. The van der Waals surface area contributed by atoms with Crippen LogP contribution in [0.5, 0.6) is 0 Å². The van der Waals surface area contributed by atoms with Gasteiger partial charge < -0.3 is 10.2 Å². The van der Waals surface area contributed by atoms with E-state index in [-0.39, 0.29) is 23.4 Å². The summed E-state index contributed by atoms with van der Waals surface area (Å²) in [6, 6.07) is 33.6. The van der Waals surface area contributed by atoms with E-state index in [1.165, 1.54) is 0 Å². The Morgan fingerprint density at radius 1 is 0.773 bits per heavy atom. The van der Waals surface area contributed by atoms with Gasteiger partial charge in [0.2, 0.25) is 11.8 Å². The second kappa shape index (κ2) is 14.4. The van der Waals surface area contributed by atoms with Crippen LogP contribution in [0.15, 0.2) is 120 Å². The molecule has 1 saturated carbocycles. The summed E-state index contributed by atoms with van der Waals surface area (Å²) in [4.78, 5) is 30.1. The molecule has 0 aromatic heterocycles. The Bertz CT molecular complexity index is 1620. The molecular formula is C36H39N3O4S. The van der Waals surface area contributed by atoms with Crippen LogP contribution in [0.2, 0.25) is 0 Å². The zero-order valence-electron chi connectivity index (χ0n) is 25.0. The fraction of sp³-hybridized carbons (Fsp3) is 0.278. The third-order valence-electron chi connectivity index (χ3n) is 8.10. The molecule has 1 N–H and O–H groups in total. The van der Waals surface area contributed by atoms with E-state index in [0.29, 0.717) is 12.1 Å². The smallest absolute Gasteiger partial charge is 0.264 e. The number of nitrogens with one attached hydrogen (secondary N) is 1. The molecule has 7 nitrogen and oxygen atoms in total. The van der Waals surface area contributed by atoms with Gasteiger partial charge in [0.05, 0.1) is 10.6 Å². The summed E-state index contributed by atoms with van der Waals surface area (Å²) in [5.41, 5.74) is 3.06. The Balaban J connectivity index is 1.54. The Labute approximate surface area is 260 Å². The number of sulfonamides is 1. The van der Waals surface area contributed by atoms with Gasteiger partial charge in [-0.2, -0.15) is 0 Å². The van der Waals surface area contributed by atoms with Crippen LogP contribution in [0.1, 0.15) is 42.4 Å². The molecule has 0 radical (unpaired) electrons. The fourth-order valence-electron chi connectivity index (χ4n) is 5.66. The van der Waals surface area contributed by atoms with Crippen molar-refractivity contribution in [2.45, 2.75) is 62.6 Å². The van der Waals surface area contributed by atoms with Crippen molar-refractivity contribution in [3.8, 4) is 0 Å². The van der Waals surface area contributed by atoms with Crippen molar-refractivity contribution in [1.82, 2.24) is 10.2 Å². The van der Waals surface area contributed by atoms with E-state index < -0.39 is 28.5 Å². The number of aryl methyl sites for hydroxylation is 1. The zero-order valence-corrected chi connectivity index (χ0v) is 25.8. The number of hydrogen-bond acceptors (Lipinski definition) is 4. The van der Waals surface area contributed by atoms with Gasteiger partial charge >= 0.3 is 0 Å². The standard InChI is InChI=1S/C36H39N3O4S/c1-28-21-23-33(24-22-28)44(42,43)39(32-19-9-4-10-20-32)27-35(40)38(26-30-15-7-3-8-16-30)34(25-29-13-5-2-6-14-29)36(41)37-31-17-11-12-18-31/h2-10,13-16,19-24,31,34H,11-12,17-18,25-27H2,1H3,(H,37,41)/t34-/m1/s1. The number of para-hydroxylation sites is 1. The molecule has 1 aliphatic rings. The first kappa shape index (κ1) is 31.0. The van der Waals surface area contributed by atoms with Crippen molar-refractivity contribution in [2.75, 3.05) is 10.8 Å². The summed E-state index contributed by atoms with van der Waals surface area (Å²) >= 11 is 0. The van der Waals surface area contributed by atoms with Crippen LogP contribution < -0.4 is 9.62 Å². The first-order valence-electron chi connectivity index (χ1n) is 15.1. The van der Waals surface area contributed by atoms with Gasteiger partial charge in [0.15, 0.2) is 0 Å². The molecule has 4 aromatic rings. The molecular weight excluding hydrogens is 570 g/mol. The van der Waals surface area contributed by atoms with E-state index in [4.69, 9.17) is 0 Å². The van der Waals surface area contributed by atoms with E-state index in [1.807, 2.05) is 67.6 Å². The minimum absolute atomic E-state index is 0.0668. The van der Waals surface area contributed by atoms with Gasteiger partial charge in [-0.3, -0.25) is 13.9 Å². The Morgan fingerprint density at radius 2 is 1.32 bits per heavy atom. The van der Waals surface area contributed by atoms with Gasteiger partial charge in [0.1, 0.15) is 12.6 Å². The lowest BCUT2D eigenvalue weighted by Gasteiger charge is -2.34. The maximum Gasteiger partial charge on any atom is 0.264 e. The molecule has 1 aliphatic carbocycles. The minimum atomic E-state index is -4.11. The molecule has 5 rings (SSSR count). The fourth-order valence-corrected chi connectivity index (χ4v) is 7.08. The number of rotatable bonds is 12. The molecule has 8 heteroatoms. The second-order valence-corrected chi connectivity index (χ2v) is 13.2. The molecule has 0 saturated heterocycles. The maximum atomic E-state index is 14.5. The summed E-state index contributed by atoms with van der Waals surface area (Å²) < 4.78 is 29.3. The Morgan fingerprint density at radius 3 is 1.91 bits per heavy atom. The maximum absolute atomic E-state index is 14.5. The average Bonchev–Trinajstić information content (AvgIpc) is 3.56. The van der Waals surface area contributed by atoms with Crippen LogP contribution in [0.25, 0.3) is 0 Å². The highest BCUT2D eigenvalue weighted by molar-refractivity contribution is 7.92. The van der Waals surface area contributed by atoms with Gasteiger partial charge in [0, 0.05) is 19.0 Å². The highest BCUT2D eigenvalue weighted by Gasteiger charge is 2.35. The molecule has 0 aliphatic heterocycles. The largest absolute Gasteiger partial charge is 0.352 e. The topological polar surface area (TPSA) is 86.8 Å². The number of carbonyl (C=O) groups is 2. The summed E-state index contributed by atoms with van der Waals surface area (Å²) in [7, 11) is -4.11. The van der Waals surface area contributed by atoms with Crippen LogP contribution in [0, 0.1) is 6.92 Å². The molecule has 4 aromatic carbocycles. The summed E-state index contributed by atoms with van der Waals surface area (Å²) in [5, 5.41) is 3.20. The Hall–Kier alpha value is -4.43. The van der Waals surface area contributed by atoms with E-state index >= 15 is 0 Å². The zero-order chi connectivity index (χ0) is 30.9. The molecule has 2 amide bonds. The van der Waals surface area contributed by atoms with Crippen molar-refractivity contribution in [2.24, 2.45) is 0 Å². The van der Waals surface area contributed by atoms with Gasteiger partial charge in [-0.05, 0) is 55.2 Å². The van der Waals surface area contributed by atoms with Crippen LogP contribution in [-0.4, -0.2) is 43.8 Å². The van der Waals surface area contributed by atoms with Gasteiger partial charge in [-0.25, -0.2) is 8.42 Å². The van der Waals surface area contributed by atoms with Gasteiger partial charge in [0.25, 0.3) is 10.0 Å². The number of hydrogen-bond donors (Lipinski definition) is 1. The van der Waals surface area contributed by atoms with Crippen LogP contribution in [0.4, 0.5) is 5.69 Å². The number of nitrogens with zero attached hydrogens (tertiary/aromatic N) is 2. The highest BCUT2D eigenvalue weighted by Crippen LogP contribution is 2.26. The van der Waals surface area contributed by atoms with Crippen molar-refractivity contribution < 1.29 is 18.0 Å². The van der Waals surface area contributed by atoms with Crippen LogP contribution in [0.3, 0.4) is 0 Å². The minimum Gasteiger partial charge on any atom is -0.352 e. The normalized spacial score (nSPS) is 14.1. The Kier molecular flexibility index (Phi) is 10.1. The molecule has 0 spiro atoms. The monoisotopic (exact) mass is 609 g/mol. The van der Waals surface area contributed by atoms with Crippen LogP contribution in [-0.2, 0) is 32.6 Å². The number of carbonyl (C=O) groups excluding carboxylic acids is 2. The van der Waals surface area contributed by atoms with Gasteiger partial charge in [-0.1, -0.05) is 109 Å². The summed E-state index contributed by atoms with van der Waals surface area (Å²) in [6.45, 7) is 1.58. The molecule has 0 bridgehead atoms. The molecule has 1 atom stereocenters. The first-order valence-corrected chi connectivity index (χ1v) is 16.6. The predicted molar refractivity (Wildman–Crippen MR) is 173 cm³/mol. The number of benzene rings is 4. The van der Waals surface area contributed by atoms with E-state index in [2.05, 4.69) is 5.32 Å². The van der Waals surface area contributed by atoms with Crippen LogP contribution >= 0.6 is 0 Å². The lowest BCUT2D eigenvalue weighted by Crippen LogP contribution is -2.54. The second-order valence-electron chi connectivity index (χ2n) is 11.4. The van der Waals surface area contributed by atoms with Crippen molar-refractivity contribution in [1.29, 1.82) is 0 Å². The summed E-state index contributed by atoms with van der Waals surface area (Å²) in [6.07, 6.45) is 4.24. The van der Waals surface area contributed by atoms with Gasteiger partial charge in [-0.15, -0.1) is 0 Å². The van der Waals surface area contributed by atoms with Crippen molar-refractivity contribution >= 4 is 27.5 Å². The van der Waals surface area contributed by atoms with E-state index in [0.717, 1.165) is 46.7 Å². The highest BCUT2D eigenvalue weighted by atomic mass is 32.2. The van der Waals surface area contributed by atoms with Crippen molar-refractivity contribution in [3.63, 3.8) is 0 Å². The van der Waals surface area contributed by atoms with Crippen molar-refractivity contribution in [3.05, 3.63) is 132 Å². The van der Waals surface area contributed by atoms with E-state index in [1.54, 1.807) is 59.5 Å². The number of amides is 2. The lowest BCUT2D eigenvalue weighted by atomic mass is 10.0. The SMILES string of the molecule is Cc1ccc(S(=O)(=O)N(CC(=O)N(Cc2ccccc2)[C@H](Cc2ccccc2)C(=O)NC2CCCC2)c2ccccc2)cc1. The first-order chi connectivity index (χ1) is 21.3. The average molecular weight is 610 g/mol. The summed E-state index contributed by atoms with van der Waals surface area (Å²) in [5.74, 6) is -0.686. The number of anilines is 1. The lowest BCUT2D eigenvalue weighted by molar-refractivity contribution is -0.140. The third kappa shape index (κ3) is 7.74. The quantitative estimate of drug-likeness (QED) is 0.217. The predicted octanol–water partition coefficient (Wildman–Crippen LogP) is 5.89. The molecule has 0 heterocycles. The molecule has 44 heavy (non-hydrogen) atoms. The molecule has 1 fully saturated rings. The molecule has 0 unspecified atom stereocenters.